The van der Waals surface area contributed by atoms with Gasteiger partial charge in [0.1, 0.15) is 0 Å². The van der Waals surface area contributed by atoms with Crippen molar-refractivity contribution >= 4 is 17.7 Å². The second-order valence-corrected chi connectivity index (χ2v) is 6.50. The average molecular weight is 357 g/mol. The summed E-state index contributed by atoms with van der Waals surface area (Å²) in [5.41, 5.74) is 1.19. The van der Waals surface area contributed by atoms with Gasteiger partial charge in [-0.1, -0.05) is 49.0 Å². The molecule has 3 N–H and O–H groups in total. The largest absolute Gasteiger partial charge is 0.461 e. The number of hydrogen-bond acceptors (Lipinski definition) is 6. The Hall–Kier alpha value is -2.74. The fourth-order valence-electron chi connectivity index (χ4n) is 2.30. The fraction of sp³-hybridized carbons (Fsp3) is 0.235. The van der Waals surface area contributed by atoms with E-state index in [4.69, 9.17) is 10.3 Å². The van der Waals surface area contributed by atoms with Crippen LogP contribution in [0, 0.1) is 0 Å². The van der Waals surface area contributed by atoms with Gasteiger partial charge in [-0.05, 0) is 23.6 Å². The second-order valence-electron chi connectivity index (χ2n) is 5.56. The summed E-state index contributed by atoms with van der Waals surface area (Å²) in [4.78, 5) is 12.1. The van der Waals surface area contributed by atoms with Crippen molar-refractivity contribution in [2.45, 2.75) is 18.0 Å². The Kier molecular flexibility index (Phi) is 5.39. The molecule has 0 radical (unpaired) electrons. The second kappa shape index (κ2) is 7.89. The topological polar surface area (TPSA) is 99.0 Å². The molecule has 0 unspecified atom stereocenters. The summed E-state index contributed by atoms with van der Waals surface area (Å²) in [7, 11) is 0. The molecule has 7 nitrogen and oxygen atoms in total. The molecule has 3 aromatic rings. The van der Waals surface area contributed by atoms with Gasteiger partial charge in [-0.25, -0.2) is 4.68 Å². The monoisotopic (exact) mass is 357 g/mol. The lowest BCUT2D eigenvalue weighted by Gasteiger charge is -2.12. The first kappa shape index (κ1) is 17.1. The highest BCUT2D eigenvalue weighted by Gasteiger charge is 2.15. The van der Waals surface area contributed by atoms with Crippen LogP contribution in [0.2, 0.25) is 0 Å². The third kappa shape index (κ3) is 4.21. The number of furan rings is 1. The minimum Gasteiger partial charge on any atom is -0.461 e. The number of amides is 1. The van der Waals surface area contributed by atoms with Crippen LogP contribution in [0.5, 0.6) is 0 Å². The van der Waals surface area contributed by atoms with Crippen LogP contribution in [0.25, 0.3) is 11.6 Å². The van der Waals surface area contributed by atoms with Gasteiger partial charge in [0, 0.05) is 6.54 Å². The maximum atomic E-state index is 12.1. The molecule has 25 heavy (non-hydrogen) atoms. The van der Waals surface area contributed by atoms with Gasteiger partial charge < -0.3 is 15.6 Å². The highest BCUT2D eigenvalue weighted by Crippen LogP contribution is 2.21. The van der Waals surface area contributed by atoms with Crippen LogP contribution >= 0.6 is 11.8 Å². The summed E-state index contributed by atoms with van der Waals surface area (Å²) in [6.45, 7) is 2.66. The SMILES string of the molecule is C[C@@H](CNC(=O)CSc1nnc(-c2ccco2)n1N)c1ccccc1. The Morgan fingerprint density at radius 3 is 2.80 bits per heavy atom. The van der Waals surface area contributed by atoms with Crippen molar-refractivity contribution in [3.8, 4) is 11.6 Å². The Morgan fingerprint density at radius 1 is 1.28 bits per heavy atom. The van der Waals surface area contributed by atoms with Crippen molar-refractivity contribution < 1.29 is 9.21 Å². The summed E-state index contributed by atoms with van der Waals surface area (Å²) in [6.07, 6.45) is 1.54. The molecule has 0 saturated carbocycles. The molecule has 0 aliphatic carbocycles. The molecule has 2 aromatic heterocycles. The zero-order valence-corrected chi connectivity index (χ0v) is 14.6. The summed E-state index contributed by atoms with van der Waals surface area (Å²) in [6, 6.07) is 13.6. The van der Waals surface area contributed by atoms with E-state index in [0.29, 0.717) is 23.3 Å². The predicted octanol–water partition coefficient (Wildman–Crippen LogP) is 2.26. The molecule has 0 spiro atoms. The van der Waals surface area contributed by atoms with Crippen LogP contribution in [-0.2, 0) is 4.79 Å². The number of hydrogen-bond donors (Lipinski definition) is 2. The number of benzene rings is 1. The summed E-state index contributed by atoms with van der Waals surface area (Å²) in [5, 5.41) is 11.4. The van der Waals surface area contributed by atoms with E-state index in [1.54, 1.807) is 12.1 Å². The van der Waals surface area contributed by atoms with E-state index in [-0.39, 0.29) is 17.6 Å². The lowest BCUT2D eigenvalue weighted by Crippen LogP contribution is -2.29. The average Bonchev–Trinajstić information content (AvgIpc) is 3.28. The third-order valence-electron chi connectivity index (χ3n) is 3.71. The van der Waals surface area contributed by atoms with Gasteiger partial charge in [-0.3, -0.25) is 4.79 Å². The zero-order valence-electron chi connectivity index (χ0n) is 13.8. The minimum atomic E-state index is -0.0738. The quantitative estimate of drug-likeness (QED) is 0.497. The molecule has 0 aliphatic rings. The summed E-state index contributed by atoms with van der Waals surface area (Å²) >= 11 is 1.23. The Bertz CT molecular complexity index is 817. The molecule has 2 heterocycles. The van der Waals surface area contributed by atoms with Crippen LogP contribution in [0.15, 0.2) is 58.3 Å². The lowest BCUT2D eigenvalue weighted by molar-refractivity contribution is -0.118. The molecule has 1 amide bonds. The van der Waals surface area contributed by atoms with Gasteiger partial charge in [0.05, 0.1) is 12.0 Å². The van der Waals surface area contributed by atoms with Crippen molar-refractivity contribution in [3.63, 3.8) is 0 Å². The van der Waals surface area contributed by atoms with E-state index in [0.717, 1.165) is 0 Å². The molecule has 1 aromatic carbocycles. The highest BCUT2D eigenvalue weighted by atomic mass is 32.2. The minimum absolute atomic E-state index is 0.0738. The maximum absolute atomic E-state index is 12.1. The fourth-order valence-corrected chi connectivity index (χ4v) is 2.98. The molecule has 0 aliphatic heterocycles. The lowest BCUT2D eigenvalue weighted by atomic mass is 10.0. The number of nitrogens with one attached hydrogen (secondary N) is 1. The van der Waals surface area contributed by atoms with Gasteiger partial charge in [0.25, 0.3) is 0 Å². The zero-order chi connectivity index (χ0) is 17.6. The Balaban J connectivity index is 1.50. The van der Waals surface area contributed by atoms with E-state index in [9.17, 15) is 4.79 Å². The van der Waals surface area contributed by atoms with Gasteiger partial charge in [0.15, 0.2) is 5.76 Å². The third-order valence-corrected chi connectivity index (χ3v) is 4.66. The maximum Gasteiger partial charge on any atom is 0.230 e. The first-order valence-electron chi connectivity index (χ1n) is 7.84. The van der Waals surface area contributed by atoms with Gasteiger partial charge in [0.2, 0.25) is 16.9 Å². The molecule has 0 fully saturated rings. The van der Waals surface area contributed by atoms with Crippen LogP contribution in [0.3, 0.4) is 0 Å². The van der Waals surface area contributed by atoms with Crippen LogP contribution < -0.4 is 11.2 Å². The number of carbonyl (C=O) groups is 1. The summed E-state index contributed by atoms with van der Waals surface area (Å²) < 4.78 is 6.58. The van der Waals surface area contributed by atoms with E-state index in [1.807, 2.05) is 18.2 Å². The van der Waals surface area contributed by atoms with E-state index < -0.39 is 0 Å². The van der Waals surface area contributed by atoms with E-state index >= 15 is 0 Å². The molecule has 0 saturated heterocycles. The first-order chi connectivity index (χ1) is 12.1. The van der Waals surface area contributed by atoms with Gasteiger partial charge >= 0.3 is 0 Å². The smallest absolute Gasteiger partial charge is 0.230 e. The number of rotatable bonds is 7. The van der Waals surface area contributed by atoms with Crippen LogP contribution in [-0.4, -0.2) is 33.1 Å². The van der Waals surface area contributed by atoms with Crippen molar-refractivity contribution in [1.29, 1.82) is 0 Å². The van der Waals surface area contributed by atoms with Gasteiger partial charge in [-0.2, -0.15) is 0 Å². The Labute approximate surface area is 149 Å². The molecule has 130 valence electrons. The van der Waals surface area contributed by atoms with Crippen molar-refractivity contribution in [2.75, 3.05) is 18.1 Å². The molecule has 0 bridgehead atoms. The number of nitrogen functional groups attached to an aromatic ring is 1. The van der Waals surface area contributed by atoms with Crippen LogP contribution in [0.1, 0.15) is 18.4 Å². The highest BCUT2D eigenvalue weighted by molar-refractivity contribution is 7.99. The van der Waals surface area contributed by atoms with Crippen molar-refractivity contribution in [1.82, 2.24) is 20.2 Å². The normalized spacial score (nSPS) is 12.0. The molecular formula is C17H19N5O2S. The number of aromatic nitrogens is 3. The molecule has 3 rings (SSSR count). The molecule has 1 atom stereocenters. The first-order valence-corrected chi connectivity index (χ1v) is 8.82. The van der Waals surface area contributed by atoms with Crippen molar-refractivity contribution in [3.05, 3.63) is 54.3 Å². The van der Waals surface area contributed by atoms with Gasteiger partial charge in [-0.15, -0.1) is 10.2 Å². The number of thioether (sulfide) groups is 1. The standard InChI is InChI=1S/C17H19N5O2S/c1-12(13-6-3-2-4-7-13)10-19-15(23)11-25-17-21-20-16(22(17)18)14-8-5-9-24-14/h2-9,12H,10-11,18H2,1H3,(H,19,23)/t12-/m0/s1. The number of nitrogens with two attached hydrogens (primary N) is 1. The molecule has 8 heteroatoms. The van der Waals surface area contributed by atoms with Crippen molar-refractivity contribution in [2.24, 2.45) is 0 Å². The summed E-state index contributed by atoms with van der Waals surface area (Å²) in [5.74, 6) is 7.30. The van der Waals surface area contributed by atoms with Crippen LogP contribution in [0.4, 0.5) is 0 Å². The number of carbonyl (C=O) groups excluding carboxylic acids is 1. The number of nitrogens with zero attached hydrogens (tertiary/aromatic N) is 3. The molecular weight excluding hydrogens is 338 g/mol. The van der Waals surface area contributed by atoms with E-state index in [1.165, 1.54) is 28.3 Å². The Morgan fingerprint density at radius 2 is 2.08 bits per heavy atom. The predicted molar refractivity (Wildman–Crippen MR) is 96.5 cm³/mol. The van der Waals surface area contributed by atoms with E-state index in [2.05, 4.69) is 34.6 Å².